The fourth-order valence-corrected chi connectivity index (χ4v) is 4.68. The number of hydrogen-bond acceptors (Lipinski definition) is 6. The molecule has 3 aromatic rings. The molecule has 7 heteroatoms. The zero-order valence-electron chi connectivity index (χ0n) is 14.9. The van der Waals surface area contributed by atoms with Crippen molar-refractivity contribution in [2.75, 3.05) is 6.61 Å². The molecule has 0 spiro atoms. The molecule has 5 atom stereocenters. The molecule has 0 aliphatic carbocycles. The Kier molecular flexibility index (Phi) is 5.46. The Morgan fingerprint density at radius 1 is 0.964 bits per heavy atom. The van der Waals surface area contributed by atoms with Gasteiger partial charge in [0.05, 0.1) is 6.61 Å². The topological polar surface area (TPSA) is 90.2 Å². The van der Waals surface area contributed by atoms with Crippen LogP contribution in [0.25, 0.3) is 10.1 Å². The molecule has 1 aliphatic heterocycles. The highest BCUT2D eigenvalue weighted by molar-refractivity contribution is 7.19. The van der Waals surface area contributed by atoms with Crippen molar-refractivity contribution in [1.82, 2.24) is 0 Å². The van der Waals surface area contributed by atoms with E-state index in [2.05, 4.69) is 0 Å². The van der Waals surface area contributed by atoms with E-state index in [4.69, 9.17) is 4.74 Å². The molecule has 1 aliphatic rings. The third kappa shape index (κ3) is 3.57. The van der Waals surface area contributed by atoms with Crippen LogP contribution < -0.4 is 0 Å². The first-order valence-corrected chi connectivity index (χ1v) is 9.86. The number of halogens is 1. The van der Waals surface area contributed by atoms with E-state index in [1.807, 2.05) is 30.3 Å². The molecule has 4 N–H and O–H groups in total. The van der Waals surface area contributed by atoms with Crippen molar-refractivity contribution in [3.05, 3.63) is 70.4 Å². The number of aliphatic hydroxyl groups excluding tert-OH is 4. The van der Waals surface area contributed by atoms with Gasteiger partial charge < -0.3 is 25.2 Å². The maximum absolute atomic E-state index is 14.4. The fourth-order valence-electron chi connectivity index (χ4n) is 3.60. The Morgan fingerprint density at radius 2 is 1.75 bits per heavy atom. The van der Waals surface area contributed by atoms with Crippen LogP contribution in [0.2, 0.25) is 0 Å². The molecule has 0 amide bonds. The second kappa shape index (κ2) is 7.87. The third-order valence-corrected chi connectivity index (χ3v) is 6.25. The first kappa shape index (κ1) is 19.4. The van der Waals surface area contributed by atoms with E-state index >= 15 is 0 Å². The normalized spacial score (nSPS) is 28.0. The largest absolute Gasteiger partial charge is 0.394 e. The predicted octanol–water partition coefficient (Wildman–Crippen LogP) is 2.15. The van der Waals surface area contributed by atoms with Gasteiger partial charge in [-0.05, 0) is 40.8 Å². The lowest BCUT2D eigenvalue weighted by Gasteiger charge is -2.40. The van der Waals surface area contributed by atoms with Gasteiger partial charge in [-0.25, -0.2) is 4.39 Å². The van der Waals surface area contributed by atoms with Gasteiger partial charge in [0.2, 0.25) is 0 Å². The van der Waals surface area contributed by atoms with E-state index < -0.39 is 37.1 Å². The Bertz CT molecular complexity index is 939. The molecule has 0 saturated carbocycles. The van der Waals surface area contributed by atoms with E-state index in [0.29, 0.717) is 17.5 Å². The summed E-state index contributed by atoms with van der Waals surface area (Å²) in [5.41, 5.74) is 0.926. The highest BCUT2D eigenvalue weighted by Crippen LogP contribution is 2.34. The van der Waals surface area contributed by atoms with Gasteiger partial charge in [0.15, 0.2) is 0 Å². The van der Waals surface area contributed by atoms with Crippen LogP contribution in [0.3, 0.4) is 0 Å². The molecule has 28 heavy (non-hydrogen) atoms. The first-order chi connectivity index (χ1) is 13.5. The summed E-state index contributed by atoms with van der Waals surface area (Å²) in [7, 11) is 0. The Morgan fingerprint density at radius 3 is 2.50 bits per heavy atom. The highest BCUT2D eigenvalue weighted by atomic mass is 32.1. The average molecular weight is 404 g/mol. The van der Waals surface area contributed by atoms with Gasteiger partial charge in [-0.2, -0.15) is 0 Å². The van der Waals surface area contributed by atoms with Crippen LogP contribution in [-0.2, 0) is 11.2 Å². The quantitative estimate of drug-likeness (QED) is 0.535. The molecule has 2 aromatic carbocycles. The minimum absolute atomic E-state index is 0.370. The summed E-state index contributed by atoms with van der Waals surface area (Å²) in [4.78, 5) is 1.01. The fraction of sp³-hybridized carbons (Fsp3) is 0.333. The molecule has 0 radical (unpaired) electrons. The van der Waals surface area contributed by atoms with Crippen LogP contribution in [0.4, 0.5) is 4.39 Å². The summed E-state index contributed by atoms with van der Waals surface area (Å²) in [6, 6.07) is 14.4. The molecular formula is C21H21FO5S. The lowest BCUT2D eigenvalue weighted by molar-refractivity contribution is -0.231. The van der Waals surface area contributed by atoms with E-state index in [1.54, 1.807) is 17.4 Å². The molecule has 4 rings (SSSR count). The molecule has 1 fully saturated rings. The molecule has 5 nitrogen and oxygen atoms in total. The predicted molar refractivity (Wildman–Crippen MR) is 104 cm³/mol. The van der Waals surface area contributed by atoms with Crippen molar-refractivity contribution in [2.24, 2.45) is 0 Å². The molecule has 0 bridgehead atoms. The van der Waals surface area contributed by atoms with E-state index in [0.717, 1.165) is 15.0 Å². The molecule has 148 valence electrons. The van der Waals surface area contributed by atoms with Crippen LogP contribution in [0.1, 0.15) is 22.1 Å². The van der Waals surface area contributed by atoms with Gasteiger partial charge in [-0.1, -0.05) is 24.3 Å². The molecule has 1 saturated heterocycles. The molecular weight excluding hydrogens is 383 g/mol. The minimum atomic E-state index is -1.47. The SMILES string of the molecule is OC[C@H]1OC(c2ccc(F)c(Cc3cc4ccccc4s3)c2)C(O)[C@@H](O)C1O. The summed E-state index contributed by atoms with van der Waals surface area (Å²) in [5.74, 6) is -0.370. The maximum Gasteiger partial charge on any atom is 0.126 e. The smallest absolute Gasteiger partial charge is 0.126 e. The Balaban J connectivity index is 1.63. The standard InChI is InChI=1S/C21H21FO5S/c22-15-6-5-12(21-20(26)19(25)18(24)16(10-23)27-21)7-13(15)9-14-8-11-3-1-2-4-17(11)28-14/h1-8,16,18-21,23-26H,9-10H2/t16-,18?,19+,20?,21?/m1/s1. The van der Waals surface area contributed by atoms with Crippen molar-refractivity contribution in [2.45, 2.75) is 36.9 Å². The number of ether oxygens (including phenoxy) is 1. The third-order valence-electron chi connectivity index (χ3n) is 5.13. The maximum atomic E-state index is 14.4. The van der Waals surface area contributed by atoms with Gasteiger partial charge in [0.25, 0.3) is 0 Å². The second-order valence-corrected chi connectivity index (χ2v) is 8.20. The molecule has 2 heterocycles. The summed E-state index contributed by atoms with van der Waals surface area (Å²) in [6.07, 6.45) is -5.87. The van der Waals surface area contributed by atoms with E-state index in [1.165, 1.54) is 12.1 Å². The number of thiophene rings is 1. The zero-order valence-corrected chi connectivity index (χ0v) is 15.7. The molecule has 3 unspecified atom stereocenters. The lowest BCUT2D eigenvalue weighted by atomic mass is 9.90. The summed E-state index contributed by atoms with van der Waals surface area (Å²) < 4.78 is 21.1. The van der Waals surface area contributed by atoms with Crippen molar-refractivity contribution in [3.8, 4) is 0 Å². The van der Waals surface area contributed by atoms with Crippen molar-refractivity contribution in [3.63, 3.8) is 0 Å². The lowest BCUT2D eigenvalue weighted by Crippen LogP contribution is -2.55. The van der Waals surface area contributed by atoms with Crippen LogP contribution in [0, 0.1) is 5.82 Å². The van der Waals surface area contributed by atoms with Crippen LogP contribution in [0.5, 0.6) is 0 Å². The van der Waals surface area contributed by atoms with Crippen LogP contribution in [0.15, 0.2) is 48.5 Å². The van der Waals surface area contributed by atoms with Gasteiger partial charge in [-0.3, -0.25) is 0 Å². The highest BCUT2D eigenvalue weighted by Gasteiger charge is 2.44. The minimum Gasteiger partial charge on any atom is -0.394 e. The van der Waals surface area contributed by atoms with Crippen molar-refractivity contribution < 1.29 is 29.6 Å². The van der Waals surface area contributed by atoms with Crippen LogP contribution in [-0.4, -0.2) is 51.4 Å². The monoisotopic (exact) mass is 404 g/mol. The Labute approximate surface area is 165 Å². The first-order valence-electron chi connectivity index (χ1n) is 9.04. The van der Waals surface area contributed by atoms with Gasteiger partial charge in [-0.15, -0.1) is 11.3 Å². The number of rotatable bonds is 4. The van der Waals surface area contributed by atoms with Crippen molar-refractivity contribution in [1.29, 1.82) is 0 Å². The van der Waals surface area contributed by atoms with Crippen molar-refractivity contribution >= 4 is 21.4 Å². The van der Waals surface area contributed by atoms with Gasteiger partial charge in [0, 0.05) is 16.0 Å². The average Bonchev–Trinajstić information content (AvgIpc) is 3.11. The number of aliphatic hydroxyl groups is 4. The number of hydrogen-bond donors (Lipinski definition) is 4. The van der Waals surface area contributed by atoms with E-state index in [-0.39, 0.29) is 5.82 Å². The Hall–Kier alpha value is -1.87. The van der Waals surface area contributed by atoms with E-state index in [9.17, 15) is 24.8 Å². The summed E-state index contributed by atoms with van der Waals surface area (Å²) >= 11 is 1.59. The number of benzene rings is 2. The van der Waals surface area contributed by atoms with Gasteiger partial charge >= 0.3 is 0 Å². The molecule has 1 aromatic heterocycles. The summed E-state index contributed by atoms with van der Waals surface area (Å²) in [5, 5.41) is 40.7. The summed E-state index contributed by atoms with van der Waals surface area (Å²) in [6.45, 7) is -0.503. The number of fused-ring (bicyclic) bond motifs is 1. The second-order valence-electron chi connectivity index (χ2n) is 7.03. The van der Waals surface area contributed by atoms with Crippen LogP contribution >= 0.6 is 11.3 Å². The zero-order chi connectivity index (χ0) is 19.8. The van der Waals surface area contributed by atoms with Gasteiger partial charge in [0.1, 0.15) is 36.3 Å².